The highest BCUT2D eigenvalue weighted by molar-refractivity contribution is 9.10. The molecule has 1 atom stereocenters. The standard InChI is InChI=1S/C14H18BrN3O/c1-9-8-11(15)6-7-12(9)14-17-13(19-18-14)5-3-4-10(2)16/h6-8,10H,3-5,16H2,1-2H3. The van der Waals surface area contributed by atoms with Gasteiger partial charge >= 0.3 is 0 Å². The van der Waals surface area contributed by atoms with Crippen LogP contribution in [0.3, 0.4) is 0 Å². The number of nitrogens with two attached hydrogens (primary N) is 1. The van der Waals surface area contributed by atoms with Gasteiger partial charge in [-0.1, -0.05) is 21.1 Å². The van der Waals surface area contributed by atoms with E-state index in [4.69, 9.17) is 10.3 Å². The van der Waals surface area contributed by atoms with Crippen LogP contribution >= 0.6 is 15.9 Å². The Balaban J connectivity index is 2.08. The minimum Gasteiger partial charge on any atom is -0.339 e. The van der Waals surface area contributed by atoms with Crippen LogP contribution in [0.4, 0.5) is 0 Å². The maximum absolute atomic E-state index is 5.72. The van der Waals surface area contributed by atoms with E-state index in [0.717, 1.165) is 34.9 Å². The summed E-state index contributed by atoms with van der Waals surface area (Å²) in [7, 11) is 0. The third-order valence-electron chi connectivity index (χ3n) is 2.95. The average molecular weight is 324 g/mol. The van der Waals surface area contributed by atoms with Crippen LogP contribution in [0.2, 0.25) is 0 Å². The monoisotopic (exact) mass is 323 g/mol. The van der Waals surface area contributed by atoms with Crippen LogP contribution in [0.25, 0.3) is 11.4 Å². The zero-order chi connectivity index (χ0) is 13.8. The molecule has 2 N–H and O–H groups in total. The number of aromatic nitrogens is 2. The molecule has 0 spiro atoms. The van der Waals surface area contributed by atoms with Crippen molar-refractivity contribution in [1.29, 1.82) is 0 Å². The second-order valence-electron chi connectivity index (χ2n) is 4.84. The van der Waals surface area contributed by atoms with E-state index in [1.807, 2.05) is 32.0 Å². The molecule has 102 valence electrons. The fourth-order valence-corrected chi connectivity index (χ4v) is 2.39. The van der Waals surface area contributed by atoms with Gasteiger partial charge in [-0.3, -0.25) is 0 Å². The zero-order valence-corrected chi connectivity index (χ0v) is 12.8. The second-order valence-corrected chi connectivity index (χ2v) is 5.76. The molecule has 0 aliphatic carbocycles. The Hall–Kier alpha value is -1.20. The molecule has 0 aliphatic heterocycles. The Bertz CT molecular complexity index is 551. The van der Waals surface area contributed by atoms with E-state index in [9.17, 15) is 0 Å². The molecule has 5 heteroatoms. The van der Waals surface area contributed by atoms with Gasteiger partial charge in [0.2, 0.25) is 11.7 Å². The number of halogens is 1. The van der Waals surface area contributed by atoms with Gasteiger partial charge < -0.3 is 10.3 Å². The number of nitrogens with zero attached hydrogens (tertiary/aromatic N) is 2. The first-order valence-corrected chi connectivity index (χ1v) is 7.20. The fraction of sp³-hybridized carbons (Fsp3) is 0.429. The van der Waals surface area contributed by atoms with Crippen molar-refractivity contribution in [3.05, 3.63) is 34.1 Å². The predicted octanol–water partition coefficient (Wildman–Crippen LogP) is 3.48. The van der Waals surface area contributed by atoms with Gasteiger partial charge in [-0.05, 0) is 50.5 Å². The molecular formula is C14H18BrN3O. The molecule has 1 heterocycles. The second kappa shape index (κ2) is 6.30. The maximum Gasteiger partial charge on any atom is 0.226 e. The van der Waals surface area contributed by atoms with Crippen LogP contribution in [-0.2, 0) is 6.42 Å². The average Bonchev–Trinajstić information content (AvgIpc) is 2.77. The molecule has 0 fully saturated rings. The van der Waals surface area contributed by atoms with Gasteiger partial charge in [0.15, 0.2) is 0 Å². The largest absolute Gasteiger partial charge is 0.339 e. The first-order valence-electron chi connectivity index (χ1n) is 6.41. The summed E-state index contributed by atoms with van der Waals surface area (Å²) in [5.74, 6) is 1.33. The van der Waals surface area contributed by atoms with Crippen molar-refractivity contribution in [2.24, 2.45) is 5.73 Å². The lowest BCUT2D eigenvalue weighted by atomic mass is 10.1. The van der Waals surface area contributed by atoms with Gasteiger partial charge in [-0.25, -0.2) is 0 Å². The van der Waals surface area contributed by atoms with Crippen molar-refractivity contribution in [3.63, 3.8) is 0 Å². The van der Waals surface area contributed by atoms with Crippen molar-refractivity contribution >= 4 is 15.9 Å². The van der Waals surface area contributed by atoms with Crippen LogP contribution in [0.5, 0.6) is 0 Å². The molecule has 1 aromatic carbocycles. The summed E-state index contributed by atoms with van der Waals surface area (Å²) in [5.41, 5.74) is 7.84. The van der Waals surface area contributed by atoms with E-state index < -0.39 is 0 Å². The zero-order valence-electron chi connectivity index (χ0n) is 11.2. The normalized spacial score (nSPS) is 12.6. The maximum atomic E-state index is 5.72. The number of hydrogen-bond acceptors (Lipinski definition) is 4. The Kier molecular flexibility index (Phi) is 4.71. The first-order chi connectivity index (χ1) is 9.06. The third kappa shape index (κ3) is 3.88. The van der Waals surface area contributed by atoms with Crippen LogP contribution in [0, 0.1) is 6.92 Å². The summed E-state index contributed by atoms with van der Waals surface area (Å²) in [6.45, 7) is 4.04. The van der Waals surface area contributed by atoms with Crippen molar-refractivity contribution in [3.8, 4) is 11.4 Å². The summed E-state index contributed by atoms with van der Waals surface area (Å²) < 4.78 is 6.32. The topological polar surface area (TPSA) is 64.9 Å². The molecule has 0 saturated heterocycles. The minimum absolute atomic E-state index is 0.219. The molecular weight excluding hydrogens is 306 g/mol. The number of hydrogen-bond donors (Lipinski definition) is 1. The third-order valence-corrected chi connectivity index (χ3v) is 3.44. The lowest BCUT2D eigenvalue weighted by Gasteiger charge is -2.01. The van der Waals surface area contributed by atoms with Gasteiger partial charge in [0.25, 0.3) is 0 Å². The molecule has 2 rings (SSSR count). The van der Waals surface area contributed by atoms with Crippen LogP contribution in [0.1, 0.15) is 31.2 Å². The summed E-state index contributed by atoms with van der Waals surface area (Å²) in [6, 6.07) is 6.24. The molecule has 2 aromatic rings. The first kappa shape index (κ1) is 14.2. The number of benzene rings is 1. The molecule has 1 aromatic heterocycles. The minimum atomic E-state index is 0.219. The Morgan fingerprint density at radius 2 is 2.21 bits per heavy atom. The van der Waals surface area contributed by atoms with Crippen molar-refractivity contribution in [1.82, 2.24) is 10.1 Å². The van der Waals surface area contributed by atoms with Crippen molar-refractivity contribution in [2.45, 2.75) is 39.2 Å². The van der Waals surface area contributed by atoms with Crippen molar-refractivity contribution in [2.75, 3.05) is 0 Å². The highest BCUT2D eigenvalue weighted by Gasteiger charge is 2.11. The SMILES string of the molecule is Cc1cc(Br)ccc1-c1noc(CCCC(C)N)n1. The van der Waals surface area contributed by atoms with Gasteiger partial charge in [0, 0.05) is 22.5 Å². The molecule has 19 heavy (non-hydrogen) atoms. The number of rotatable bonds is 5. The molecule has 1 unspecified atom stereocenters. The Morgan fingerprint density at radius 3 is 2.89 bits per heavy atom. The summed E-state index contributed by atoms with van der Waals surface area (Å²) in [6.07, 6.45) is 2.72. The van der Waals surface area contributed by atoms with Gasteiger partial charge in [-0.15, -0.1) is 0 Å². The molecule has 0 bridgehead atoms. The van der Waals surface area contributed by atoms with E-state index in [1.165, 1.54) is 0 Å². The fourth-order valence-electron chi connectivity index (χ4n) is 1.92. The Morgan fingerprint density at radius 1 is 1.42 bits per heavy atom. The predicted molar refractivity (Wildman–Crippen MR) is 78.8 cm³/mol. The van der Waals surface area contributed by atoms with Crippen LogP contribution < -0.4 is 5.73 Å². The molecule has 0 radical (unpaired) electrons. The van der Waals surface area contributed by atoms with Crippen molar-refractivity contribution < 1.29 is 4.52 Å². The Labute approximate surface area is 121 Å². The highest BCUT2D eigenvalue weighted by atomic mass is 79.9. The number of aryl methyl sites for hydroxylation is 2. The smallest absolute Gasteiger partial charge is 0.226 e. The van der Waals surface area contributed by atoms with E-state index in [0.29, 0.717) is 11.7 Å². The van der Waals surface area contributed by atoms with Gasteiger partial charge in [-0.2, -0.15) is 4.98 Å². The van der Waals surface area contributed by atoms with E-state index in [1.54, 1.807) is 0 Å². The van der Waals surface area contributed by atoms with Crippen LogP contribution in [-0.4, -0.2) is 16.2 Å². The molecule has 4 nitrogen and oxygen atoms in total. The van der Waals surface area contributed by atoms with E-state index >= 15 is 0 Å². The van der Waals surface area contributed by atoms with Crippen LogP contribution in [0.15, 0.2) is 27.2 Å². The molecule has 0 amide bonds. The quantitative estimate of drug-likeness (QED) is 0.914. The lowest BCUT2D eigenvalue weighted by molar-refractivity contribution is 0.373. The van der Waals surface area contributed by atoms with E-state index in [-0.39, 0.29) is 6.04 Å². The van der Waals surface area contributed by atoms with E-state index in [2.05, 4.69) is 26.1 Å². The summed E-state index contributed by atoms with van der Waals surface area (Å²) >= 11 is 3.45. The lowest BCUT2D eigenvalue weighted by Crippen LogP contribution is -2.14. The van der Waals surface area contributed by atoms with Gasteiger partial charge in [0.05, 0.1) is 0 Å². The molecule has 0 aliphatic rings. The highest BCUT2D eigenvalue weighted by Crippen LogP contribution is 2.24. The summed E-state index contributed by atoms with van der Waals surface area (Å²) in [4.78, 5) is 4.43. The summed E-state index contributed by atoms with van der Waals surface area (Å²) in [5, 5.41) is 4.04. The van der Waals surface area contributed by atoms with Gasteiger partial charge in [0.1, 0.15) is 0 Å². The molecule has 0 saturated carbocycles.